The summed E-state index contributed by atoms with van der Waals surface area (Å²) in [5.41, 5.74) is 1.97. The third-order valence-corrected chi connectivity index (χ3v) is 3.05. The van der Waals surface area contributed by atoms with Crippen LogP contribution in [0.5, 0.6) is 5.75 Å². The number of hydrogen-bond acceptors (Lipinski definition) is 4. The van der Waals surface area contributed by atoms with E-state index in [2.05, 4.69) is 21.9 Å². The van der Waals surface area contributed by atoms with Gasteiger partial charge in [-0.05, 0) is 33.3 Å². The SMILES string of the molecule is CCCc1nc(-c2cncc(OC(C)C)c2)c(C)c(=O)[nH]1. The number of aromatic amines is 1. The molecule has 0 unspecified atom stereocenters. The van der Waals surface area contributed by atoms with Gasteiger partial charge in [0.05, 0.1) is 18.0 Å². The molecule has 2 rings (SSSR count). The number of aromatic nitrogens is 3. The summed E-state index contributed by atoms with van der Waals surface area (Å²) in [7, 11) is 0. The number of nitrogens with one attached hydrogen (secondary N) is 1. The summed E-state index contributed by atoms with van der Waals surface area (Å²) in [5, 5.41) is 0. The largest absolute Gasteiger partial charge is 0.489 e. The molecular weight excluding hydrogens is 266 g/mol. The van der Waals surface area contributed by atoms with Gasteiger partial charge in [-0.25, -0.2) is 4.98 Å². The quantitative estimate of drug-likeness (QED) is 0.918. The van der Waals surface area contributed by atoms with Crippen LogP contribution in [0.15, 0.2) is 23.3 Å². The van der Waals surface area contributed by atoms with E-state index in [4.69, 9.17) is 4.74 Å². The van der Waals surface area contributed by atoms with Gasteiger partial charge in [0.25, 0.3) is 5.56 Å². The lowest BCUT2D eigenvalue weighted by atomic mass is 10.1. The number of H-pyrrole nitrogens is 1. The Morgan fingerprint density at radius 3 is 2.76 bits per heavy atom. The van der Waals surface area contributed by atoms with Crippen molar-refractivity contribution in [3.63, 3.8) is 0 Å². The third-order valence-electron chi connectivity index (χ3n) is 3.05. The lowest BCUT2D eigenvalue weighted by Gasteiger charge is -2.11. The Morgan fingerprint density at radius 2 is 2.10 bits per heavy atom. The average Bonchev–Trinajstić information content (AvgIpc) is 2.42. The molecule has 0 bridgehead atoms. The van der Waals surface area contributed by atoms with E-state index in [-0.39, 0.29) is 11.7 Å². The van der Waals surface area contributed by atoms with Gasteiger partial charge in [-0.1, -0.05) is 6.92 Å². The maximum atomic E-state index is 12.0. The number of hydrogen-bond donors (Lipinski definition) is 1. The first-order valence-corrected chi connectivity index (χ1v) is 7.23. The molecule has 0 amide bonds. The van der Waals surface area contributed by atoms with Crippen LogP contribution in [0.4, 0.5) is 0 Å². The van der Waals surface area contributed by atoms with E-state index in [0.717, 1.165) is 18.4 Å². The number of pyridine rings is 1. The first kappa shape index (κ1) is 15.2. The average molecular weight is 287 g/mol. The van der Waals surface area contributed by atoms with E-state index >= 15 is 0 Å². The summed E-state index contributed by atoms with van der Waals surface area (Å²) in [6.07, 6.45) is 5.13. The summed E-state index contributed by atoms with van der Waals surface area (Å²) < 4.78 is 5.65. The van der Waals surface area contributed by atoms with E-state index in [1.807, 2.05) is 19.9 Å². The van der Waals surface area contributed by atoms with E-state index in [1.54, 1.807) is 19.3 Å². The van der Waals surface area contributed by atoms with Crippen LogP contribution in [0, 0.1) is 6.92 Å². The minimum Gasteiger partial charge on any atom is -0.489 e. The lowest BCUT2D eigenvalue weighted by molar-refractivity contribution is 0.241. The Morgan fingerprint density at radius 1 is 1.33 bits per heavy atom. The van der Waals surface area contributed by atoms with E-state index in [9.17, 15) is 4.79 Å². The molecule has 2 heterocycles. The Balaban J connectivity index is 2.48. The van der Waals surface area contributed by atoms with Crippen molar-refractivity contribution in [2.45, 2.75) is 46.6 Å². The van der Waals surface area contributed by atoms with Crippen LogP contribution >= 0.6 is 0 Å². The molecule has 2 aromatic rings. The zero-order valence-electron chi connectivity index (χ0n) is 12.9. The molecule has 0 fully saturated rings. The summed E-state index contributed by atoms with van der Waals surface area (Å²) >= 11 is 0. The van der Waals surface area contributed by atoms with Crippen LogP contribution in [0.1, 0.15) is 38.6 Å². The summed E-state index contributed by atoms with van der Waals surface area (Å²) in [6, 6.07) is 1.87. The predicted octanol–water partition coefficient (Wildman–Crippen LogP) is 2.88. The first-order chi connectivity index (χ1) is 10.0. The van der Waals surface area contributed by atoms with Crippen molar-refractivity contribution in [3.8, 4) is 17.0 Å². The van der Waals surface area contributed by atoms with Gasteiger partial charge in [0.15, 0.2) is 0 Å². The molecule has 2 aromatic heterocycles. The number of nitrogens with zero attached hydrogens (tertiary/aromatic N) is 2. The molecular formula is C16H21N3O2. The van der Waals surface area contributed by atoms with Crippen molar-refractivity contribution in [3.05, 3.63) is 40.2 Å². The van der Waals surface area contributed by atoms with Crippen molar-refractivity contribution in [1.82, 2.24) is 15.0 Å². The highest BCUT2D eigenvalue weighted by Crippen LogP contribution is 2.23. The molecule has 0 aromatic carbocycles. The summed E-state index contributed by atoms with van der Waals surface area (Å²) in [5.74, 6) is 1.39. The fraction of sp³-hybridized carbons (Fsp3) is 0.438. The second kappa shape index (κ2) is 6.52. The van der Waals surface area contributed by atoms with Crippen LogP contribution in [0.2, 0.25) is 0 Å². The molecule has 0 aliphatic heterocycles. The fourth-order valence-electron chi connectivity index (χ4n) is 2.10. The van der Waals surface area contributed by atoms with E-state index < -0.39 is 0 Å². The van der Waals surface area contributed by atoms with Gasteiger partial charge in [0, 0.05) is 23.7 Å². The molecule has 0 radical (unpaired) electrons. The summed E-state index contributed by atoms with van der Waals surface area (Å²) in [6.45, 7) is 7.75. The standard InChI is InChI=1S/C16H21N3O2/c1-5-6-14-18-15(11(4)16(20)19-14)12-7-13(9-17-8-12)21-10(2)3/h7-10H,5-6H2,1-4H3,(H,18,19,20). The summed E-state index contributed by atoms with van der Waals surface area (Å²) in [4.78, 5) is 23.6. The zero-order chi connectivity index (χ0) is 15.4. The van der Waals surface area contributed by atoms with E-state index in [1.165, 1.54) is 0 Å². The second-order valence-electron chi connectivity index (χ2n) is 5.31. The van der Waals surface area contributed by atoms with Gasteiger partial charge >= 0.3 is 0 Å². The third kappa shape index (κ3) is 3.68. The smallest absolute Gasteiger partial charge is 0.254 e. The highest BCUT2D eigenvalue weighted by Gasteiger charge is 2.11. The Labute approximate surface area is 124 Å². The van der Waals surface area contributed by atoms with Crippen molar-refractivity contribution in [2.75, 3.05) is 0 Å². The number of ether oxygens (including phenoxy) is 1. The van der Waals surface area contributed by atoms with Gasteiger partial charge < -0.3 is 9.72 Å². The zero-order valence-corrected chi connectivity index (χ0v) is 12.9. The molecule has 0 aliphatic rings. The van der Waals surface area contributed by atoms with Gasteiger partial charge in [-0.2, -0.15) is 0 Å². The van der Waals surface area contributed by atoms with Crippen LogP contribution in [0.3, 0.4) is 0 Å². The molecule has 112 valence electrons. The van der Waals surface area contributed by atoms with Gasteiger partial charge in [0.2, 0.25) is 0 Å². The monoisotopic (exact) mass is 287 g/mol. The highest BCUT2D eigenvalue weighted by molar-refractivity contribution is 5.62. The van der Waals surface area contributed by atoms with Crippen molar-refractivity contribution >= 4 is 0 Å². The molecule has 0 atom stereocenters. The van der Waals surface area contributed by atoms with Gasteiger partial charge in [-0.3, -0.25) is 9.78 Å². The van der Waals surface area contributed by atoms with Crippen molar-refractivity contribution in [2.24, 2.45) is 0 Å². The predicted molar refractivity (Wildman–Crippen MR) is 82.6 cm³/mol. The maximum Gasteiger partial charge on any atom is 0.254 e. The normalized spacial score (nSPS) is 10.9. The lowest BCUT2D eigenvalue weighted by Crippen LogP contribution is -2.16. The van der Waals surface area contributed by atoms with Crippen LogP contribution < -0.4 is 10.3 Å². The van der Waals surface area contributed by atoms with Crippen LogP contribution in [-0.2, 0) is 6.42 Å². The Hall–Kier alpha value is -2.17. The minimum atomic E-state index is -0.0985. The maximum absolute atomic E-state index is 12.0. The molecule has 0 aliphatic carbocycles. The minimum absolute atomic E-state index is 0.0749. The number of rotatable bonds is 5. The highest BCUT2D eigenvalue weighted by atomic mass is 16.5. The van der Waals surface area contributed by atoms with Gasteiger partial charge in [-0.15, -0.1) is 0 Å². The molecule has 5 nitrogen and oxygen atoms in total. The molecule has 0 saturated carbocycles. The molecule has 0 saturated heterocycles. The van der Waals surface area contributed by atoms with Crippen LogP contribution in [0.25, 0.3) is 11.3 Å². The topological polar surface area (TPSA) is 67.9 Å². The molecule has 5 heteroatoms. The Kier molecular flexibility index (Phi) is 4.73. The van der Waals surface area contributed by atoms with Crippen LogP contribution in [-0.4, -0.2) is 21.1 Å². The molecule has 21 heavy (non-hydrogen) atoms. The number of aryl methyl sites for hydroxylation is 1. The van der Waals surface area contributed by atoms with Crippen molar-refractivity contribution < 1.29 is 4.74 Å². The molecule has 1 N–H and O–H groups in total. The van der Waals surface area contributed by atoms with E-state index in [0.29, 0.717) is 22.8 Å². The first-order valence-electron chi connectivity index (χ1n) is 7.23. The molecule has 0 spiro atoms. The Bertz CT molecular complexity index is 677. The fourth-order valence-corrected chi connectivity index (χ4v) is 2.10. The second-order valence-corrected chi connectivity index (χ2v) is 5.31. The van der Waals surface area contributed by atoms with Crippen molar-refractivity contribution in [1.29, 1.82) is 0 Å². The van der Waals surface area contributed by atoms with Gasteiger partial charge in [0.1, 0.15) is 11.6 Å².